The van der Waals surface area contributed by atoms with Gasteiger partial charge < -0.3 is 13.9 Å². The lowest BCUT2D eigenvalue weighted by Gasteiger charge is -2.11. The van der Waals surface area contributed by atoms with Crippen molar-refractivity contribution < 1.29 is 23.1 Å². The number of nitrogens with zero attached hydrogens (tertiary/aromatic N) is 1. The molecule has 1 amide bonds. The average molecular weight is 382 g/mol. The lowest BCUT2D eigenvalue weighted by Crippen LogP contribution is -2.17. The molecule has 0 aliphatic rings. The van der Waals surface area contributed by atoms with E-state index in [0.717, 1.165) is 11.1 Å². The van der Waals surface area contributed by atoms with E-state index in [9.17, 15) is 9.18 Å². The van der Waals surface area contributed by atoms with E-state index >= 15 is 0 Å². The number of furan rings is 1. The molecule has 0 unspecified atom stereocenters. The topological polar surface area (TPSA) is 73.1 Å². The number of methoxy groups -OCH3 is 1. The van der Waals surface area contributed by atoms with Crippen molar-refractivity contribution in [3.05, 3.63) is 83.1 Å². The molecule has 0 aliphatic carbocycles. The van der Waals surface area contributed by atoms with E-state index in [0.29, 0.717) is 22.8 Å². The van der Waals surface area contributed by atoms with E-state index in [1.54, 1.807) is 43.3 Å². The Morgan fingerprint density at radius 1 is 1.18 bits per heavy atom. The van der Waals surface area contributed by atoms with Crippen LogP contribution in [0.25, 0.3) is 0 Å². The molecule has 28 heavy (non-hydrogen) atoms. The highest BCUT2D eigenvalue weighted by atomic mass is 19.1. The molecule has 0 saturated heterocycles. The van der Waals surface area contributed by atoms with Gasteiger partial charge in [-0.2, -0.15) is 5.10 Å². The van der Waals surface area contributed by atoms with Crippen LogP contribution in [0, 0.1) is 12.7 Å². The second kappa shape index (κ2) is 8.85. The molecule has 0 atom stereocenters. The van der Waals surface area contributed by atoms with Crippen LogP contribution in [0.2, 0.25) is 0 Å². The predicted octanol–water partition coefficient (Wildman–Crippen LogP) is 4.08. The molecule has 2 aromatic carbocycles. The summed E-state index contributed by atoms with van der Waals surface area (Å²) >= 11 is 0. The number of amides is 1. The number of ether oxygens (including phenoxy) is 2. The van der Waals surface area contributed by atoms with Gasteiger partial charge in [0.15, 0.2) is 11.5 Å². The van der Waals surface area contributed by atoms with Crippen molar-refractivity contribution in [3.63, 3.8) is 0 Å². The standard InChI is InChI=1S/C21H19FN2O4/c1-14-18(9-10-27-14)21(25)24-23-12-16-5-8-19(20(11-16)26-2)28-13-15-3-6-17(22)7-4-15/h3-12H,13H2,1-2H3,(H,24,25)/b23-12+. The average Bonchev–Trinajstić information content (AvgIpc) is 3.14. The second-order valence-electron chi connectivity index (χ2n) is 5.92. The summed E-state index contributed by atoms with van der Waals surface area (Å²) in [4.78, 5) is 12.0. The summed E-state index contributed by atoms with van der Waals surface area (Å²) in [6.07, 6.45) is 2.95. The van der Waals surface area contributed by atoms with Gasteiger partial charge in [0.2, 0.25) is 0 Å². The molecule has 0 radical (unpaired) electrons. The number of rotatable bonds is 7. The summed E-state index contributed by atoms with van der Waals surface area (Å²) in [6, 6.07) is 12.9. The molecule has 1 N–H and O–H groups in total. The molecule has 0 bridgehead atoms. The van der Waals surface area contributed by atoms with Gasteiger partial charge in [-0.1, -0.05) is 12.1 Å². The Kier molecular flexibility index (Phi) is 6.06. The Morgan fingerprint density at radius 3 is 2.64 bits per heavy atom. The van der Waals surface area contributed by atoms with Gasteiger partial charge in [0, 0.05) is 0 Å². The van der Waals surface area contributed by atoms with Crippen molar-refractivity contribution >= 4 is 12.1 Å². The summed E-state index contributed by atoms with van der Waals surface area (Å²) in [5.41, 5.74) is 4.43. The predicted molar refractivity (Wildman–Crippen MR) is 102 cm³/mol. The molecular weight excluding hydrogens is 363 g/mol. The van der Waals surface area contributed by atoms with Crippen molar-refractivity contribution in [2.45, 2.75) is 13.5 Å². The Balaban J connectivity index is 1.62. The van der Waals surface area contributed by atoms with E-state index in [4.69, 9.17) is 13.9 Å². The summed E-state index contributed by atoms with van der Waals surface area (Å²) in [7, 11) is 1.53. The first-order chi connectivity index (χ1) is 13.6. The fourth-order valence-corrected chi connectivity index (χ4v) is 2.47. The maximum atomic E-state index is 13.0. The number of nitrogens with one attached hydrogen (secondary N) is 1. The van der Waals surface area contributed by atoms with Crippen molar-refractivity contribution in [2.75, 3.05) is 7.11 Å². The molecule has 7 heteroatoms. The van der Waals surface area contributed by atoms with Crippen LogP contribution in [0.15, 0.2) is 64.3 Å². The molecule has 0 aliphatic heterocycles. The molecule has 6 nitrogen and oxygen atoms in total. The highest BCUT2D eigenvalue weighted by molar-refractivity contribution is 5.95. The highest BCUT2D eigenvalue weighted by Gasteiger charge is 2.10. The first-order valence-electron chi connectivity index (χ1n) is 8.49. The zero-order valence-electron chi connectivity index (χ0n) is 15.4. The van der Waals surface area contributed by atoms with Gasteiger partial charge in [0.05, 0.1) is 25.2 Å². The fraction of sp³-hybridized carbons (Fsp3) is 0.143. The number of benzene rings is 2. The number of hydrogen-bond donors (Lipinski definition) is 1. The van der Waals surface area contributed by atoms with Gasteiger partial charge in [0.25, 0.3) is 5.91 Å². The molecular formula is C21H19FN2O4. The Morgan fingerprint density at radius 2 is 1.96 bits per heavy atom. The number of halogens is 1. The number of aryl methyl sites for hydroxylation is 1. The second-order valence-corrected chi connectivity index (χ2v) is 5.92. The minimum Gasteiger partial charge on any atom is -0.493 e. The maximum absolute atomic E-state index is 13.0. The molecule has 0 spiro atoms. The number of hydrogen-bond acceptors (Lipinski definition) is 5. The van der Waals surface area contributed by atoms with Crippen molar-refractivity contribution in [1.29, 1.82) is 0 Å². The van der Waals surface area contributed by atoms with Crippen LogP contribution < -0.4 is 14.9 Å². The normalized spacial score (nSPS) is 10.8. The first kappa shape index (κ1) is 19.2. The van der Waals surface area contributed by atoms with E-state index in [-0.39, 0.29) is 18.3 Å². The van der Waals surface area contributed by atoms with Gasteiger partial charge in [-0.3, -0.25) is 4.79 Å². The van der Waals surface area contributed by atoms with Gasteiger partial charge in [-0.05, 0) is 54.4 Å². The third kappa shape index (κ3) is 4.76. The maximum Gasteiger partial charge on any atom is 0.274 e. The first-order valence-corrected chi connectivity index (χ1v) is 8.49. The van der Waals surface area contributed by atoms with Gasteiger partial charge >= 0.3 is 0 Å². The molecule has 1 aromatic heterocycles. The van der Waals surface area contributed by atoms with Crippen LogP contribution in [0.1, 0.15) is 27.2 Å². The van der Waals surface area contributed by atoms with Crippen LogP contribution in [-0.4, -0.2) is 19.2 Å². The molecule has 3 aromatic rings. The number of carbonyl (C=O) groups is 1. The lowest BCUT2D eigenvalue weighted by molar-refractivity contribution is 0.0953. The zero-order chi connectivity index (χ0) is 19.9. The summed E-state index contributed by atoms with van der Waals surface area (Å²) in [6.45, 7) is 1.98. The quantitative estimate of drug-likeness (QED) is 0.494. The Hall–Kier alpha value is -3.61. The Labute approximate surface area is 161 Å². The third-order valence-electron chi connectivity index (χ3n) is 3.98. The minimum atomic E-state index is -0.353. The summed E-state index contributed by atoms with van der Waals surface area (Å²) in [5, 5.41) is 3.95. The molecule has 1 heterocycles. The zero-order valence-corrected chi connectivity index (χ0v) is 15.4. The van der Waals surface area contributed by atoms with Crippen LogP contribution >= 0.6 is 0 Å². The van der Waals surface area contributed by atoms with E-state index < -0.39 is 0 Å². The molecule has 0 fully saturated rings. The van der Waals surface area contributed by atoms with E-state index in [1.807, 2.05) is 0 Å². The number of hydrazone groups is 1. The van der Waals surface area contributed by atoms with Crippen molar-refractivity contribution in [2.24, 2.45) is 5.10 Å². The molecule has 144 valence electrons. The minimum absolute atomic E-state index is 0.282. The third-order valence-corrected chi connectivity index (χ3v) is 3.98. The lowest BCUT2D eigenvalue weighted by atomic mass is 10.2. The van der Waals surface area contributed by atoms with Crippen LogP contribution in [-0.2, 0) is 6.61 Å². The van der Waals surface area contributed by atoms with Crippen LogP contribution in [0.5, 0.6) is 11.5 Å². The van der Waals surface area contributed by atoms with Crippen molar-refractivity contribution in [3.8, 4) is 11.5 Å². The van der Waals surface area contributed by atoms with Crippen molar-refractivity contribution in [1.82, 2.24) is 5.43 Å². The monoisotopic (exact) mass is 382 g/mol. The van der Waals surface area contributed by atoms with Crippen LogP contribution in [0.4, 0.5) is 4.39 Å². The van der Waals surface area contributed by atoms with Gasteiger partial charge in [-0.15, -0.1) is 0 Å². The van der Waals surface area contributed by atoms with Gasteiger partial charge in [0.1, 0.15) is 18.2 Å². The largest absolute Gasteiger partial charge is 0.493 e. The van der Waals surface area contributed by atoms with Crippen LogP contribution in [0.3, 0.4) is 0 Å². The van der Waals surface area contributed by atoms with Gasteiger partial charge in [-0.25, -0.2) is 9.82 Å². The SMILES string of the molecule is COc1cc(/C=N/NC(=O)c2ccoc2C)ccc1OCc1ccc(F)cc1. The smallest absolute Gasteiger partial charge is 0.274 e. The fourth-order valence-electron chi connectivity index (χ4n) is 2.47. The number of carbonyl (C=O) groups excluding carboxylic acids is 1. The highest BCUT2D eigenvalue weighted by Crippen LogP contribution is 2.28. The Bertz CT molecular complexity index is 980. The van der Waals surface area contributed by atoms with E-state index in [1.165, 1.54) is 31.7 Å². The molecule has 3 rings (SSSR count). The summed E-state index contributed by atoms with van der Waals surface area (Å²) in [5.74, 6) is 0.941. The molecule has 0 saturated carbocycles. The van der Waals surface area contributed by atoms with E-state index in [2.05, 4.69) is 10.5 Å². The summed E-state index contributed by atoms with van der Waals surface area (Å²) < 4.78 is 29.1.